The van der Waals surface area contributed by atoms with Crippen LogP contribution in [0.2, 0.25) is 0 Å². The van der Waals surface area contributed by atoms with Gasteiger partial charge in [-0.05, 0) is 43.2 Å². The molecule has 2 aromatic carbocycles. The molecule has 1 saturated heterocycles. The highest BCUT2D eigenvalue weighted by atomic mass is 19.3. The molecule has 12 heteroatoms. The summed E-state index contributed by atoms with van der Waals surface area (Å²) in [6.07, 6.45) is 2.43. The number of phenols is 1. The molecule has 0 amide bonds. The van der Waals surface area contributed by atoms with Crippen molar-refractivity contribution < 1.29 is 27.8 Å². The summed E-state index contributed by atoms with van der Waals surface area (Å²) in [5, 5.41) is 18.7. The lowest BCUT2D eigenvalue weighted by Gasteiger charge is -2.31. The second-order valence-electron chi connectivity index (χ2n) is 11.0. The normalized spacial score (nSPS) is 20.2. The fraction of sp³-hybridized carbons (Fsp3) is 0.387. The van der Waals surface area contributed by atoms with Gasteiger partial charge in [0.2, 0.25) is 5.88 Å². The van der Waals surface area contributed by atoms with Crippen LogP contribution in [0.1, 0.15) is 33.1 Å². The van der Waals surface area contributed by atoms with Gasteiger partial charge in [-0.1, -0.05) is 30.3 Å². The molecule has 6 rings (SSSR count). The Labute approximate surface area is 246 Å². The topological polar surface area (TPSA) is 105 Å². The molecule has 0 saturated carbocycles. The Bertz CT molecular complexity index is 1700. The van der Waals surface area contributed by atoms with Gasteiger partial charge in [-0.15, -0.1) is 0 Å². The summed E-state index contributed by atoms with van der Waals surface area (Å²) in [6, 6.07) is 10.2. The number of halogens is 3. The number of alkyl halides is 2. The zero-order valence-corrected chi connectivity index (χ0v) is 24.0. The average molecular weight is 595 g/mol. The van der Waals surface area contributed by atoms with Gasteiger partial charge < -0.3 is 25.2 Å². The molecule has 0 aliphatic carbocycles. The van der Waals surface area contributed by atoms with Crippen LogP contribution in [0.5, 0.6) is 17.6 Å². The number of benzene rings is 2. The predicted molar refractivity (Wildman–Crippen MR) is 158 cm³/mol. The molecule has 2 aliphatic rings. The number of likely N-dealkylation sites (tertiary alicyclic amines) is 1. The van der Waals surface area contributed by atoms with E-state index in [1.54, 1.807) is 6.07 Å². The molecule has 3 N–H and O–H groups in total. The molecule has 1 atom stereocenters. The van der Waals surface area contributed by atoms with Crippen LogP contribution in [-0.2, 0) is 0 Å². The number of nitrogens with one attached hydrogen (secondary N) is 2. The highest BCUT2D eigenvalue weighted by molar-refractivity contribution is 6.01. The van der Waals surface area contributed by atoms with Crippen molar-refractivity contribution >= 4 is 27.5 Å². The van der Waals surface area contributed by atoms with E-state index in [0.717, 1.165) is 5.70 Å². The van der Waals surface area contributed by atoms with Gasteiger partial charge in [0.05, 0.1) is 19.2 Å². The van der Waals surface area contributed by atoms with Crippen molar-refractivity contribution in [3.63, 3.8) is 0 Å². The van der Waals surface area contributed by atoms with Crippen molar-refractivity contribution in [1.29, 1.82) is 0 Å². The van der Waals surface area contributed by atoms with Crippen molar-refractivity contribution in [1.82, 2.24) is 25.2 Å². The molecule has 9 nitrogen and oxygen atoms in total. The van der Waals surface area contributed by atoms with Crippen LogP contribution in [0.3, 0.4) is 0 Å². The van der Waals surface area contributed by atoms with E-state index in [1.165, 1.54) is 11.0 Å². The maximum atomic E-state index is 16.6. The zero-order chi connectivity index (χ0) is 30.1. The van der Waals surface area contributed by atoms with E-state index in [9.17, 15) is 13.9 Å². The molecule has 0 radical (unpaired) electrons. The molecular weight excluding hydrogens is 561 g/mol. The van der Waals surface area contributed by atoms with Gasteiger partial charge >= 0.3 is 6.01 Å². The molecule has 2 aliphatic heterocycles. The van der Waals surface area contributed by atoms with Crippen molar-refractivity contribution in [3.8, 4) is 28.9 Å². The van der Waals surface area contributed by atoms with Gasteiger partial charge in [0.25, 0.3) is 5.92 Å². The lowest BCUT2D eigenvalue weighted by Crippen LogP contribution is -2.44. The Balaban J connectivity index is 1.52. The molecule has 1 fully saturated rings. The van der Waals surface area contributed by atoms with E-state index in [0.29, 0.717) is 48.8 Å². The molecule has 226 valence electrons. The molecular formula is C31H33F3N6O3. The van der Waals surface area contributed by atoms with Gasteiger partial charge in [0.15, 0.2) is 5.82 Å². The van der Waals surface area contributed by atoms with Crippen LogP contribution in [0.15, 0.2) is 48.2 Å². The number of anilines is 1. The summed E-state index contributed by atoms with van der Waals surface area (Å²) in [4.78, 5) is 15.1. The lowest BCUT2D eigenvalue weighted by molar-refractivity contribution is -0.0798. The summed E-state index contributed by atoms with van der Waals surface area (Å²) in [5.74, 6) is -3.26. The van der Waals surface area contributed by atoms with E-state index in [2.05, 4.69) is 25.6 Å². The quantitative estimate of drug-likeness (QED) is 0.269. The van der Waals surface area contributed by atoms with Crippen molar-refractivity contribution in [2.45, 2.75) is 45.1 Å². The van der Waals surface area contributed by atoms with Crippen molar-refractivity contribution in [3.05, 3.63) is 54.0 Å². The number of rotatable bonds is 4. The third-order valence-electron chi connectivity index (χ3n) is 7.69. The number of pyridine rings is 1. The van der Waals surface area contributed by atoms with Crippen LogP contribution in [-0.4, -0.2) is 69.9 Å². The first kappa shape index (κ1) is 28.8. The smallest absolute Gasteiger partial charge is 0.320 e. The van der Waals surface area contributed by atoms with Crippen LogP contribution < -0.4 is 20.1 Å². The standard InChI is InChI=1S/C31H33F3N6O3/c1-3-20-15-36-28-24-27(38-30(39-28)42-17-40-12-6-10-31(33,34)16-40)25(32)26(37-29(24)43-18(2)9-11-35-20)23-14-21(41)13-19-7-4-5-8-22(19)23/h3-5,7-8,13-14,18,35,41H,6,9-12,15-17H2,1-2H3,(H,36,38,39)/b20-3-/t18-/m0/s1. The minimum absolute atomic E-state index is 0.0471. The maximum absolute atomic E-state index is 16.6. The Hall–Kier alpha value is -4.32. The molecule has 43 heavy (non-hydrogen) atoms. The highest BCUT2D eigenvalue weighted by Crippen LogP contribution is 2.40. The maximum Gasteiger partial charge on any atom is 0.320 e. The number of aromatic nitrogens is 3. The summed E-state index contributed by atoms with van der Waals surface area (Å²) in [6.45, 7) is 4.60. The number of nitrogens with zero attached hydrogens (tertiary/aromatic N) is 4. The Morgan fingerprint density at radius 2 is 2.02 bits per heavy atom. The van der Waals surface area contributed by atoms with Crippen LogP contribution in [0.25, 0.3) is 32.9 Å². The fourth-order valence-corrected chi connectivity index (χ4v) is 5.50. The van der Waals surface area contributed by atoms with E-state index in [1.807, 2.05) is 44.2 Å². The molecule has 4 heterocycles. The number of hydrogen-bond acceptors (Lipinski definition) is 9. The number of ether oxygens (including phenoxy) is 2. The lowest BCUT2D eigenvalue weighted by atomic mass is 10.00. The number of aromatic hydroxyl groups is 1. The monoisotopic (exact) mass is 594 g/mol. The van der Waals surface area contributed by atoms with E-state index < -0.39 is 18.3 Å². The number of hydrogen-bond donors (Lipinski definition) is 3. The second kappa shape index (κ2) is 11.8. The average Bonchev–Trinajstić information content (AvgIpc) is 3.00. The SMILES string of the molecule is C/C=C1/CNc2nc(OCN3CCCC(F)(F)C3)nc3c(F)c(-c4cc(O)cc5ccccc45)nc(c23)O[C@@H](C)CCN1. The predicted octanol–water partition coefficient (Wildman–Crippen LogP) is 5.83. The molecule has 4 aromatic rings. The summed E-state index contributed by atoms with van der Waals surface area (Å²) in [7, 11) is 0. The molecule has 2 aromatic heterocycles. The van der Waals surface area contributed by atoms with Crippen LogP contribution in [0, 0.1) is 5.82 Å². The summed E-state index contributed by atoms with van der Waals surface area (Å²) < 4.78 is 56.8. The first-order valence-electron chi connectivity index (χ1n) is 14.4. The van der Waals surface area contributed by atoms with E-state index in [-0.39, 0.29) is 59.3 Å². The second-order valence-corrected chi connectivity index (χ2v) is 11.0. The van der Waals surface area contributed by atoms with Crippen molar-refractivity contribution in [2.24, 2.45) is 0 Å². The van der Waals surface area contributed by atoms with Gasteiger partial charge in [-0.3, -0.25) is 4.90 Å². The minimum atomic E-state index is -2.81. The Morgan fingerprint density at radius 3 is 2.84 bits per heavy atom. The Kier molecular flexibility index (Phi) is 7.87. The van der Waals surface area contributed by atoms with Crippen LogP contribution in [0.4, 0.5) is 19.0 Å². The highest BCUT2D eigenvalue weighted by Gasteiger charge is 2.35. The van der Waals surface area contributed by atoms with E-state index in [4.69, 9.17) is 9.47 Å². The Morgan fingerprint density at radius 1 is 1.19 bits per heavy atom. The number of piperidine rings is 1. The van der Waals surface area contributed by atoms with Gasteiger partial charge in [-0.25, -0.2) is 18.2 Å². The van der Waals surface area contributed by atoms with Gasteiger partial charge in [0, 0.05) is 37.2 Å². The molecule has 0 bridgehead atoms. The van der Waals surface area contributed by atoms with Gasteiger partial charge in [-0.2, -0.15) is 9.97 Å². The van der Waals surface area contributed by atoms with Crippen LogP contribution >= 0.6 is 0 Å². The fourth-order valence-electron chi connectivity index (χ4n) is 5.50. The number of fused-ring (bicyclic) bond motifs is 1. The first-order chi connectivity index (χ1) is 20.7. The molecule has 0 spiro atoms. The minimum Gasteiger partial charge on any atom is -0.508 e. The van der Waals surface area contributed by atoms with Crippen molar-refractivity contribution in [2.75, 3.05) is 38.2 Å². The largest absolute Gasteiger partial charge is 0.508 e. The molecule has 0 unspecified atom stereocenters. The number of allylic oxidation sites excluding steroid dienone is 1. The first-order valence-corrected chi connectivity index (χ1v) is 14.4. The van der Waals surface area contributed by atoms with E-state index >= 15 is 4.39 Å². The van der Waals surface area contributed by atoms with Gasteiger partial charge in [0.1, 0.15) is 34.9 Å². The number of phenolic OH excluding ortho intramolecular Hbond substituents is 1. The zero-order valence-electron chi connectivity index (χ0n) is 24.0. The summed E-state index contributed by atoms with van der Waals surface area (Å²) >= 11 is 0. The third-order valence-corrected chi connectivity index (χ3v) is 7.69. The third kappa shape index (κ3) is 6.10. The summed E-state index contributed by atoms with van der Waals surface area (Å²) in [5.41, 5.74) is 1.10.